The molecule has 0 amide bonds. The Kier molecular flexibility index (Phi) is 5.43. The first-order valence-corrected chi connectivity index (χ1v) is 9.45. The van der Waals surface area contributed by atoms with Gasteiger partial charge in [0.05, 0.1) is 11.5 Å². The van der Waals surface area contributed by atoms with Crippen LogP contribution in [-0.2, 0) is 20.0 Å². The van der Waals surface area contributed by atoms with Crippen molar-refractivity contribution in [3.8, 4) is 0 Å². The third-order valence-corrected chi connectivity index (χ3v) is 7.07. The van der Waals surface area contributed by atoms with Crippen molar-refractivity contribution in [1.29, 1.82) is 0 Å². The highest BCUT2D eigenvalue weighted by molar-refractivity contribution is 7.91. The van der Waals surface area contributed by atoms with E-state index in [1.54, 1.807) is 6.92 Å². The first-order chi connectivity index (χ1) is 8.20. The Labute approximate surface area is 114 Å². The van der Waals surface area contributed by atoms with E-state index in [2.05, 4.69) is 0 Å². The van der Waals surface area contributed by atoms with Crippen molar-refractivity contribution in [3.63, 3.8) is 0 Å². The highest BCUT2D eigenvalue weighted by atomic mass is 35.5. The molecule has 108 valence electrons. The molecule has 0 aromatic heterocycles. The number of halogens is 1. The van der Waals surface area contributed by atoms with Crippen LogP contribution in [0.2, 0.25) is 0 Å². The maximum atomic E-state index is 12.2. The molecule has 1 fully saturated rings. The SMILES string of the molecule is CC1CS(=O)(=O)CCN1S(=O)(=O)N(C)CCCCl. The van der Waals surface area contributed by atoms with E-state index < -0.39 is 26.1 Å². The van der Waals surface area contributed by atoms with Crippen molar-refractivity contribution in [2.75, 3.05) is 37.5 Å². The molecule has 1 atom stereocenters. The Balaban J connectivity index is 2.80. The van der Waals surface area contributed by atoms with Crippen LogP contribution in [-0.4, -0.2) is 69.0 Å². The smallest absolute Gasteiger partial charge is 0.229 e. The zero-order valence-corrected chi connectivity index (χ0v) is 12.9. The van der Waals surface area contributed by atoms with Crippen LogP contribution >= 0.6 is 11.6 Å². The predicted molar refractivity (Wildman–Crippen MR) is 71.7 cm³/mol. The predicted octanol–water partition coefficient (Wildman–Crippen LogP) is -0.0892. The van der Waals surface area contributed by atoms with E-state index in [0.717, 1.165) is 0 Å². The van der Waals surface area contributed by atoms with Gasteiger partial charge in [0.1, 0.15) is 0 Å². The Hall–Kier alpha value is 0.110. The van der Waals surface area contributed by atoms with Gasteiger partial charge in [0, 0.05) is 32.1 Å². The summed E-state index contributed by atoms with van der Waals surface area (Å²) in [4.78, 5) is 0. The number of hydrogen-bond donors (Lipinski definition) is 0. The summed E-state index contributed by atoms with van der Waals surface area (Å²) in [5.74, 6) is 0.166. The summed E-state index contributed by atoms with van der Waals surface area (Å²) in [6.07, 6.45) is 0.567. The van der Waals surface area contributed by atoms with Gasteiger partial charge in [-0.1, -0.05) is 0 Å². The molecule has 1 heterocycles. The highest BCUT2D eigenvalue weighted by Gasteiger charge is 2.37. The first-order valence-electron chi connectivity index (χ1n) is 5.70. The molecule has 1 saturated heterocycles. The van der Waals surface area contributed by atoms with Gasteiger partial charge in [0.15, 0.2) is 9.84 Å². The number of sulfone groups is 1. The maximum absolute atomic E-state index is 12.2. The van der Waals surface area contributed by atoms with Gasteiger partial charge in [-0.3, -0.25) is 0 Å². The molecular formula is C9H19ClN2O4S2. The minimum absolute atomic E-state index is 0.0248. The molecule has 1 aliphatic heterocycles. The third-order valence-electron chi connectivity index (χ3n) is 2.91. The zero-order chi connectivity index (χ0) is 14.0. The van der Waals surface area contributed by atoms with Gasteiger partial charge in [0.25, 0.3) is 10.2 Å². The zero-order valence-electron chi connectivity index (χ0n) is 10.5. The van der Waals surface area contributed by atoms with Crippen LogP contribution < -0.4 is 0 Å². The molecule has 1 rings (SSSR count). The van der Waals surface area contributed by atoms with Gasteiger partial charge < -0.3 is 0 Å². The summed E-state index contributed by atoms with van der Waals surface area (Å²) >= 11 is 5.53. The van der Waals surface area contributed by atoms with Crippen molar-refractivity contribution < 1.29 is 16.8 Å². The summed E-state index contributed by atoms with van der Waals surface area (Å²) in [7, 11) is -5.22. The van der Waals surface area contributed by atoms with E-state index >= 15 is 0 Å². The van der Waals surface area contributed by atoms with Crippen molar-refractivity contribution in [3.05, 3.63) is 0 Å². The summed E-state index contributed by atoms with van der Waals surface area (Å²) in [5, 5.41) is 0. The molecule has 0 saturated carbocycles. The number of hydrogen-bond acceptors (Lipinski definition) is 4. The molecule has 9 heteroatoms. The Bertz CT molecular complexity index is 477. The quantitative estimate of drug-likeness (QED) is 0.664. The largest absolute Gasteiger partial charge is 0.282 e. The van der Waals surface area contributed by atoms with Crippen molar-refractivity contribution in [1.82, 2.24) is 8.61 Å². The second kappa shape index (κ2) is 6.04. The fourth-order valence-electron chi connectivity index (χ4n) is 1.90. The van der Waals surface area contributed by atoms with Crippen LogP contribution in [0, 0.1) is 0 Å². The molecule has 6 nitrogen and oxygen atoms in total. The van der Waals surface area contributed by atoms with Crippen molar-refractivity contribution in [2.45, 2.75) is 19.4 Å². The second-order valence-electron chi connectivity index (χ2n) is 4.45. The molecule has 0 N–H and O–H groups in total. The molecule has 0 spiro atoms. The summed E-state index contributed by atoms with van der Waals surface area (Å²) in [6.45, 7) is 1.97. The van der Waals surface area contributed by atoms with Gasteiger partial charge in [-0.2, -0.15) is 17.0 Å². The monoisotopic (exact) mass is 318 g/mol. The molecule has 18 heavy (non-hydrogen) atoms. The fraction of sp³-hybridized carbons (Fsp3) is 1.00. The van der Waals surface area contributed by atoms with Gasteiger partial charge in [-0.05, 0) is 13.3 Å². The van der Waals surface area contributed by atoms with Gasteiger partial charge in [0.2, 0.25) is 0 Å². The Morgan fingerprint density at radius 2 is 2.06 bits per heavy atom. The van der Waals surface area contributed by atoms with E-state index in [0.29, 0.717) is 18.8 Å². The molecule has 0 aromatic carbocycles. The lowest BCUT2D eigenvalue weighted by Gasteiger charge is -2.34. The average Bonchev–Trinajstić information content (AvgIpc) is 2.23. The first kappa shape index (κ1) is 16.2. The molecule has 0 bridgehead atoms. The number of rotatable bonds is 5. The highest BCUT2D eigenvalue weighted by Crippen LogP contribution is 2.18. The summed E-state index contributed by atoms with van der Waals surface area (Å²) < 4.78 is 49.8. The van der Waals surface area contributed by atoms with Crippen LogP contribution in [0.3, 0.4) is 0 Å². The minimum atomic E-state index is -3.59. The van der Waals surface area contributed by atoms with E-state index in [1.807, 2.05) is 0 Å². The molecule has 0 aromatic rings. The second-order valence-corrected chi connectivity index (χ2v) is 9.04. The van der Waals surface area contributed by atoms with Crippen LogP contribution in [0.5, 0.6) is 0 Å². The van der Waals surface area contributed by atoms with E-state index in [1.165, 1.54) is 15.7 Å². The maximum Gasteiger partial charge on any atom is 0.282 e. The van der Waals surface area contributed by atoms with Crippen molar-refractivity contribution in [2.24, 2.45) is 0 Å². The van der Waals surface area contributed by atoms with E-state index in [4.69, 9.17) is 11.6 Å². The van der Waals surface area contributed by atoms with Crippen LogP contribution in [0.1, 0.15) is 13.3 Å². The fourth-order valence-corrected chi connectivity index (χ4v) is 5.36. The number of alkyl halides is 1. The lowest BCUT2D eigenvalue weighted by Crippen LogP contribution is -2.53. The van der Waals surface area contributed by atoms with E-state index in [9.17, 15) is 16.8 Å². The van der Waals surface area contributed by atoms with Gasteiger partial charge in [-0.15, -0.1) is 11.6 Å². The average molecular weight is 319 g/mol. The molecule has 1 unspecified atom stereocenters. The molecule has 0 aliphatic carbocycles. The van der Waals surface area contributed by atoms with E-state index in [-0.39, 0.29) is 18.1 Å². The summed E-state index contributed by atoms with van der Waals surface area (Å²) in [6, 6.07) is -0.521. The third kappa shape index (κ3) is 3.80. The summed E-state index contributed by atoms with van der Waals surface area (Å²) in [5.41, 5.74) is 0. The Morgan fingerprint density at radius 3 is 2.56 bits per heavy atom. The lowest BCUT2D eigenvalue weighted by molar-refractivity contribution is 0.321. The lowest BCUT2D eigenvalue weighted by atomic mass is 10.4. The molecule has 0 radical (unpaired) electrons. The molecular weight excluding hydrogens is 300 g/mol. The molecule has 1 aliphatic rings. The number of nitrogens with zero attached hydrogens (tertiary/aromatic N) is 2. The minimum Gasteiger partial charge on any atom is -0.229 e. The van der Waals surface area contributed by atoms with Crippen molar-refractivity contribution >= 4 is 31.6 Å². The van der Waals surface area contributed by atoms with Crippen LogP contribution in [0.4, 0.5) is 0 Å². The van der Waals surface area contributed by atoms with Crippen LogP contribution in [0.25, 0.3) is 0 Å². The normalized spacial score (nSPS) is 25.4. The van der Waals surface area contributed by atoms with Gasteiger partial charge in [-0.25, -0.2) is 8.42 Å². The van der Waals surface area contributed by atoms with Gasteiger partial charge >= 0.3 is 0 Å². The Morgan fingerprint density at radius 1 is 1.44 bits per heavy atom. The van der Waals surface area contributed by atoms with Crippen LogP contribution in [0.15, 0.2) is 0 Å². The topological polar surface area (TPSA) is 74.8 Å². The standard InChI is InChI=1S/C9H19ClN2O4S2/c1-9-8-17(13,14)7-6-12(9)18(15,16)11(2)5-3-4-10/h9H,3-8H2,1-2H3.